The smallest absolute Gasteiger partial charge is 0.213 e. The van der Waals surface area contributed by atoms with Crippen molar-refractivity contribution in [2.75, 3.05) is 7.11 Å². The number of fused-ring (bicyclic) bond motifs is 1. The number of benzene rings is 1. The Hall–Kier alpha value is -1.81. The summed E-state index contributed by atoms with van der Waals surface area (Å²) in [7, 11) is 1.64. The minimum Gasteiger partial charge on any atom is -0.481 e. The van der Waals surface area contributed by atoms with E-state index in [0.29, 0.717) is 5.88 Å². The van der Waals surface area contributed by atoms with Crippen LogP contribution < -0.4 is 4.74 Å². The van der Waals surface area contributed by atoms with Gasteiger partial charge in [-0.25, -0.2) is 4.98 Å². The number of nitrogens with zero attached hydrogens (tertiary/aromatic N) is 2. The Balaban J connectivity index is 1.70. The van der Waals surface area contributed by atoms with Gasteiger partial charge in [0.05, 0.1) is 18.1 Å². The van der Waals surface area contributed by atoms with Crippen LogP contribution in [-0.4, -0.2) is 16.7 Å². The molecule has 2 aromatic heterocycles. The highest BCUT2D eigenvalue weighted by Crippen LogP contribution is 2.20. The molecule has 3 nitrogen and oxygen atoms in total. The van der Waals surface area contributed by atoms with Gasteiger partial charge in [-0.1, -0.05) is 34.1 Å². The van der Waals surface area contributed by atoms with E-state index >= 15 is 0 Å². The zero-order valence-electron chi connectivity index (χ0n) is 11.9. The molecule has 21 heavy (non-hydrogen) atoms. The SMILES string of the molecule is COc1ccc2c(ccn2CCCc2ccccc2Br)n1. The summed E-state index contributed by atoms with van der Waals surface area (Å²) in [6, 6.07) is 14.4. The maximum atomic E-state index is 5.16. The van der Waals surface area contributed by atoms with Gasteiger partial charge in [-0.2, -0.15) is 0 Å². The third-order valence-corrected chi connectivity index (χ3v) is 4.38. The Bertz CT molecular complexity index is 751. The molecule has 0 amide bonds. The molecule has 0 N–H and O–H groups in total. The molecule has 0 aliphatic rings. The van der Waals surface area contributed by atoms with Gasteiger partial charge < -0.3 is 9.30 Å². The third kappa shape index (κ3) is 3.10. The van der Waals surface area contributed by atoms with Gasteiger partial charge in [-0.05, 0) is 36.6 Å². The van der Waals surface area contributed by atoms with E-state index in [1.807, 2.05) is 18.2 Å². The molecule has 3 aromatic rings. The highest BCUT2D eigenvalue weighted by molar-refractivity contribution is 9.10. The Morgan fingerprint density at radius 3 is 2.81 bits per heavy atom. The highest BCUT2D eigenvalue weighted by Gasteiger charge is 2.04. The van der Waals surface area contributed by atoms with E-state index in [1.165, 1.54) is 10.0 Å². The lowest BCUT2D eigenvalue weighted by Gasteiger charge is -2.07. The minimum atomic E-state index is 0.661. The molecule has 0 spiro atoms. The van der Waals surface area contributed by atoms with Crippen LogP contribution in [0, 0.1) is 0 Å². The van der Waals surface area contributed by atoms with Crippen molar-refractivity contribution in [2.45, 2.75) is 19.4 Å². The Morgan fingerprint density at radius 2 is 2.00 bits per heavy atom. The van der Waals surface area contributed by atoms with E-state index in [-0.39, 0.29) is 0 Å². The zero-order chi connectivity index (χ0) is 14.7. The van der Waals surface area contributed by atoms with Crippen LogP contribution in [0.1, 0.15) is 12.0 Å². The molecule has 1 aromatic carbocycles. The van der Waals surface area contributed by atoms with E-state index in [0.717, 1.165) is 30.4 Å². The fraction of sp³-hybridized carbons (Fsp3) is 0.235. The average Bonchev–Trinajstić information content (AvgIpc) is 2.91. The normalized spacial score (nSPS) is 11.0. The standard InChI is InChI=1S/C17H17BrN2O/c1-21-17-9-8-16-15(19-17)10-12-20(16)11-4-6-13-5-2-3-7-14(13)18/h2-3,5,7-10,12H,4,6,11H2,1H3. The van der Waals surface area contributed by atoms with Crippen LogP contribution in [0.5, 0.6) is 5.88 Å². The monoisotopic (exact) mass is 344 g/mol. The summed E-state index contributed by atoms with van der Waals surface area (Å²) < 4.78 is 8.60. The molecule has 0 atom stereocenters. The number of rotatable bonds is 5. The summed E-state index contributed by atoms with van der Waals surface area (Å²) in [6.45, 7) is 0.985. The topological polar surface area (TPSA) is 27.1 Å². The Kier molecular flexibility index (Phi) is 4.25. The summed E-state index contributed by atoms with van der Waals surface area (Å²) in [4.78, 5) is 4.44. The van der Waals surface area contributed by atoms with Gasteiger partial charge in [-0.3, -0.25) is 0 Å². The van der Waals surface area contributed by atoms with Crippen LogP contribution in [0.3, 0.4) is 0 Å². The first-order valence-corrected chi connectivity index (χ1v) is 7.80. The number of methoxy groups -OCH3 is 1. The van der Waals surface area contributed by atoms with E-state index in [2.05, 4.69) is 55.9 Å². The second kappa shape index (κ2) is 6.31. The van der Waals surface area contributed by atoms with Crippen molar-refractivity contribution >= 4 is 27.0 Å². The lowest BCUT2D eigenvalue weighted by atomic mass is 10.1. The lowest BCUT2D eigenvalue weighted by molar-refractivity contribution is 0.399. The van der Waals surface area contributed by atoms with Crippen LogP contribution in [0.4, 0.5) is 0 Å². The molecule has 0 aliphatic heterocycles. The number of hydrogen-bond donors (Lipinski definition) is 0. The summed E-state index contributed by atoms with van der Waals surface area (Å²) in [5, 5.41) is 0. The van der Waals surface area contributed by atoms with Crippen molar-refractivity contribution in [3.05, 3.63) is 58.7 Å². The first kappa shape index (κ1) is 14.1. The third-order valence-electron chi connectivity index (χ3n) is 3.61. The fourth-order valence-electron chi connectivity index (χ4n) is 2.50. The number of halogens is 1. The zero-order valence-corrected chi connectivity index (χ0v) is 13.5. The lowest BCUT2D eigenvalue weighted by Crippen LogP contribution is -1.99. The van der Waals surface area contributed by atoms with Gasteiger partial charge in [-0.15, -0.1) is 0 Å². The summed E-state index contributed by atoms with van der Waals surface area (Å²) in [6.07, 6.45) is 4.25. The highest BCUT2D eigenvalue weighted by atomic mass is 79.9. The van der Waals surface area contributed by atoms with E-state index in [1.54, 1.807) is 7.11 Å². The molecule has 4 heteroatoms. The minimum absolute atomic E-state index is 0.661. The molecule has 3 rings (SSSR count). The molecule has 0 fully saturated rings. The predicted octanol–water partition coefficient (Wildman–Crippen LogP) is 4.44. The van der Waals surface area contributed by atoms with Gasteiger partial charge in [0.1, 0.15) is 0 Å². The molecule has 0 bridgehead atoms. The predicted molar refractivity (Wildman–Crippen MR) is 88.7 cm³/mol. The molecule has 2 heterocycles. The van der Waals surface area contributed by atoms with Crippen LogP contribution in [0.2, 0.25) is 0 Å². The first-order chi connectivity index (χ1) is 10.3. The molecule has 0 unspecified atom stereocenters. The summed E-state index contributed by atoms with van der Waals surface area (Å²) in [5.74, 6) is 0.661. The molecule has 0 aliphatic carbocycles. The first-order valence-electron chi connectivity index (χ1n) is 7.01. The van der Waals surface area contributed by atoms with Crippen LogP contribution in [0.15, 0.2) is 53.1 Å². The van der Waals surface area contributed by atoms with Crippen molar-refractivity contribution < 1.29 is 4.74 Å². The van der Waals surface area contributed by atoms with Gasteiger partial charge in [0, 0.05) is 23.3 Å². The molecular weight excluding hydrogens is 328 g/mol. The van der Waals surface area contributed by atoms with E-state index < -0.39 is 0 Å². The van der Waals surface area contributed by atoms with Gasteiger partial charge in [0.15, 0.2) is 0 Å². The van der Waals surface area contributed by atoms with Crippen LogP contribution in [0.25, 0.3) is 11.0 Å². The van der Waals surface area contributed by atoms with Crippen molar-refractivity contribution in [3.63, 3.8) is 0 Å². The fourth-order valence-corrected chi connectivity index (χ4v) is 2.99. The van der Waals surface area contributed by atoms with Crippen molar-refractivity contribution in [1.29, 1.82) is 0 Å². The molecular formula is C17H17BrN2O. The van der Waals surface area contributed by atoms with E-state index in [4.69, 9.17) is 4.74 Å². The Morgan fingerprint density at radius 1 is 1.14 bits per heavy atom. The number of pyridine rings is 1. The van der Waals surface area contributed by atoms with Gasteiger partial charge in [0.2, 0.25) is 5.88 Å². The maximum Gasteiger partial charge on any atom is 0.213 e. The second-order valence-corrected chi connectivity index (χ2v) is 5.82. The van der Waals surface area contributed by atoms with Crippen molar-refractivity contribution in [1.82, 2.24) is 9.55 Å². The number of hydrogen-bond acceptors (Lipinski definition) is 2. The molecule has 0 saturated heterocycles. The summed E-state index contributed by atoms with van der Waals surface area (Å²) in [5.41, 5.74) is 3.49. The number of ether oxygens (including phenoxy) is 1. The van der Waals surface area contributed by atoms with Gasteiger partial charge in [0.25, 0.3) is 0 Å². The number of aryl methyl sites for hydroxylation is 2. The van der Waals surface area contributed by atoms with Gasteiger partial charge >= 0.3 is 0 Å². The largest absolute Gasteiger partial charge is 0.481 e. The second-order valence-electron chi connectivity index (χ2n) is 4.96. The molecule has 0 radical (unpaired) electrons. The molecule has 0 saturated carbocycles. The van der Waals surface area contributed by atoms with Crippen molar-refractivity contribution in [3.8, 4) is 5.88 Å². The maximum absolute atomic E-state index is 5.16. The van der Waals surface area contributed by atoms with Crippen molar-refractivity contribution in [2.24, 2.45) is 0 Å². The van der Waals surface area contributed by atoms with E-state index in [9.17, 15) is 0 Å². The summed E-state index contributed by atoms with van der Waals surface area (Å²) >= 11 is 3.60. The number of aromatic nitrogens is 2. The quantitative estimate of drug-likeness (QED) is 0.684. The molecule has 108 valence electrons. The van der Waals surface area contributed by atoms with Crippen LogP contribution >= 0.6 is 15.9 Å². The Labute approximate surface area is 132 Å². The van der Waals surface area contributed by atoms with Crippen LogP contribution in [-0.2, 0) is 13.0 Å². The average molecular weight is 345 g/mol.